The van der Waals surface area contributed by atoms with Crippen molar-refractivity contribution < 1.29 is 24.2 Å². The Bertz CT molecular complexity index is 536. The average Bonchev–Trinajstić information content (AvgIpc) is 2.48. The average molecular weight is 314 g/mol. The monoisotopic (exact) mass is 313 g/mol. The van der Waals surface area contributed by atoms with E-state index < -0.39 is 24.0 Å². The first kappa shape index (κ1) is 15.6. The maximum absolute atomic E-state index is 12.4. The largest absolute Gasteiger partial charge is 0.480 e. The first-order valence-electron chi connectivity index (χ1n) is 6.53. The number of ether oxygens (including phenoxy) is 2. The second kappa shape index (κ2) is 6.78. The van der Waals surface area contributed by atoms with Gasteiger partial charge in [-0.15, -0.1) is 0 Å². The fourth-order valence-electron chi connectivity index (χ4n) is 2.09. The molecule has 1 aromatic rings. The van der Waals surface area contributed by atoms with Gasteiger partial charge in [-0.05, 0) is 19.1 Å². The normalized spacial score (nSPS) is 19.9. The van der Waals surface area contributed by atoms with E-state index in [1.54, 1.807) is 31.2 Å². The van der Waals surface area contributed by atoms with Crippen LogP contribution in [0, 0.1) is 0 Å². The first-order valence-corrected chi connectivity index (χ1v) is 6.90. The second-order valence-electron chi connectivity index (χ2n) is 4.65. The van der Waals surface area contributed by atoms with Gasteiger partial charge < -0.3 is 19.5 Å². The minimum Gasteiger partial charge on any atom is -0.480 e. The first-order chi connectivity index (χ1) is 10.0. The lowest BCUT2D eigenvalue weighted by Crippen LogP contribution is -2.55. The third-order valence-corrected chi connectivity index (χ3v) is 3.50. The van der Waals surface area contributed by atoms with Crippen LogP contribution in [0.25, 0.3) is 0 Å². The zero-order valence-electron chi connectivity index (χ0n) is 11.5. The lowest BCUT2D eigenvalue weighted by Gasteiger charge is -2.34. The van der Waals surface area contributed by atoms with Crippen molar-refractivity contribution in [1.82, 2.24) is 4.90 Å². The third kappa shape index (κ3) is 3.65. The number of aliphatic carboxylic acids is 1. The van der Waals surface area contributed by atoms with E-state index in [1.165, 1.54) is 4.90 Å². The number of carbonyl (C=O) groups is 2. The van der Waals surface area contributed by atoms with Crippen molar-refractivity contribution in [3.8, 4) is 5.75 Å². The molecule has 1 aliphatic heterocycles. The van der Waals surface area contributed by atoms with Crippen LogP contribution < -0.4 is 4.74 Å². The number of rotatable bonds is 4. The molecule has 21 heavy (non-hydrogen) atoms. The molecule has 1 heterocycles. The van der Waals surface area contributed by atoms with Gasteiger partial charge in [0.2, 0.25) is 0 Å². The molecule has 0 spiro atoms. The van der Waals surface area contributed by atoms with Gasteiger partial charge in [0.1, 0.15) is 5.75 Å². The molecule has 0 saturated carbocycles. The molecule has 1 N–H and O–H groups in total. The summed E-state index contributed by atoms with van der Waals surface area (Å²) in [5, 5.41) is 9.53. The molecule has 2 atom stereocenters. The molecule has 6 nitrogen and oxygen atoms in total. The van der Waals surface area contributed by atoms with Gasteiger partial charge in [0, 0.05) is 6.54 Å². The van der Waals surface area contributed by atoms with Crippen LogP contribution in [0.2, 0.25) is 5.02 Å². The van der Waals surface area contributed by atoms with Crippen molar-refractivity contribution in [1.29, 1.82) is 0 Å². The van der Waals surface area contributed by atoms with Crippen molar-refractivity contribution in [3.05, 3.63) is 29.3 Å². The maximum Gasteiger partial charge on any atom is 0.328 e. The standard InChI is InChI=1S/C14H16ClNO5/c1-9(21-12-5-3-2-4-10(12)15)13(17)16-6-7-20-8-11(16)14(18)19/h2-5,9,11H,6-8H2,1H3,(H,18,19)/t9-,11-/m1/s1. The van der Waals surface area contributed by atoms with Gasteiger partial charge in [-0.25, -0.2) is 4.79 Å². The molecule has 2 rings (SSSR count). The van der Waals surface area contributed by atoms with E-state index in [0.717, 1.165) is 0 Å². The second-order valence-corrected chi connectivity index (χ2v) is 5.06. The summed E-state index contributed by atoms with van der Waals surface area (Å²) in [5.41, 5.74) is 0. The highest BCUT2D eigenvalue weighted by molar-refractivity contribution is 6.32. The number of benzene rings is 1. The number of morpholine rings is 1. The van der Waals surface area contributed by atoms with Crippen LogP contribution in [0.5, 0.6) is 5.75 Å². The van der Waals surface area contributed by atoms with Crippen molar-refractivity contribution >= 4 is 23.5 Å². The Morgan fingerprint density at radius 2 is 2.19 bits per heavy atom. The van der Waals surface area contributed by atoms with Gasteiger partial charge in [-0.3, -0.25) is 4.79 Å². The van der Waals surface area contributed by atoms with Gasteiger partial charge in [0.25, 0.3) is 5.91 Å². The molecule has 1 aromatic carbocycles. The van der Waals surface area contributed by atoms with Gasteiger partial charge in [0.15, 0.2) is 12.1 Å². The highest BCUT2D eigenvalue weighted by Crippen LogP contribution is 2.24. The number of carboxylic acids is 1. The quantitative estimate of drug-likeness (QED) is 0.910. The maximum atomic E-state index is 12.4. The minimum absolute atomic E-state index is 0.0140. The molecule has 1 saturated heterocycles. The van der Waals surface area contributed by atoms with Crippen molar-refractivity contribution in [2.45, 2.75) is 19.1 Å². The Morgan fingerprint density at radius 3 is 2.86 bits per heavy atom. The molecule has 7 heteroatoms. The zero-order chi connectivity index (χ0) is 15.4. The number of carbonyl (C=O) groups excluding carboxylic acids is 1. The highest BCUT2D eigenvalue weighted by Gasteiger charge is 2.35. The summed E-state index contributed by atoms with van der Waals surface area (Å²) >= 11 is 5.97. The zero-order valence-corrected chi connectivity index (χ0v) is 12.2. The van der Waals surface area contributed by atoms with Crippen LogP contribution in [0.15, 0.2) is 24.3 Å². The van der Waals surface area contributed by atoms with E-state index in [2.05, 4.69) is 0 Å². The Kier molecular flexibility index (Phi) is 5.03. The fraction of sp³-hybridized carbons (Fsp3) is 0.429. The number of halogens is 1. The van der Waals surface area contributed by atoms with Crippen LogP contribution >= 0.6 is 11.6 Å². The summed E-state index contributed by atoms with van der Waals surface area (Å²) in [6.45, 7) is 2.10. The van der Waals surface area contributed by atoms with Gasteiger partial charge in [0.05, 0.1) is 18.2 Å². The van der Waals surface area contributed by atoms with Crippen LogP contribution in [-0.2, 0) is 14.3 Å². The van der Waals surface area contributed by atoms with Crippen LogP contribution in [0.1, 0.15) is 6.92 Å². The smallest absolute Gasteiger partial charge is 0.328 e. The Hall–Kier alpha value is -1.79. The lowest BCUT2D eigenvalue weighted by molar-refractivity contribution is -0.161. The van der Waals surface area contributed by atoms with Crippen molar-refractivity contribution in [3.63, 3.8) is 0 Å². The third-order valence-electron chi connectivity index (χ3n) is 3.18. The summed E-state index contributed by atoms with van der Waals surface area (Å²) in [4.78, 5) is 24.8. The molecule has 114 valence electrons. The molecular formula is C14H16ClNO5. The molecule has 1 aliphatic rings. The van der Waals surface area contributed by atoms with E-state index in [1.807, 2.05) is 0 Å². The SMILES string of the molecule is C[C@@H](Oc1ccccc1Cl)C(=O)N1CCOC[C@@H]1C(=O)O. The lowest BCUT2D eigenvalue weighted by atomic mass is 10.2. The van der Waals surface area contributed by atoms with Gasteiger partial charge in [-0.1, -0.05) is 23.7 Å². The number of nitrogens with zero attached hydrogens (tertiary/aromatic N) is 1. The van der Waals surface area contributed by atoms with E-state index in [4.69, 9.17) is 26.2 Å². The van der Waals surface area contributed by atoms with E-state index in [0.29, 0.717) is 17.4 Å². The molecular weight excluding hydrogens is 298 g/mol. The van der Waals surface area contributed by atoms with E-state index in [-0.39, 0.29) is 13.2 Å². The summed E-state index contributed by atoms with van der Waals surface area (Å²) in [5.74, 6) is -1.10. The summed E-state index contributed by atoms with van der Waals surface area (Å²) in [6.07, 6.45) is -0.829. The summed E-state index contributed by atoms with van der Waals surface area (Å²) in [7, 11) is 0. The highest BCUT2D eigenvalue weighted by atomic mass is 35.5. The molecule has 0 aromatic heterocycles. The molecule has 1 amide bonds. The van der Waals surface area contributed by atoms with Crippen LogP contribution in [-0.4, -0.2) is 53.8 Å². The predicted octanol–water partition coefficient (Wildman–Crippen LogP) is 1.42. The van der Waals surface area contributed by atoms with Crippen LogP contribution in [0.3, 0.4) is 0 Å². The number of para-hydroxylation sites is 1. The number of hydrogen-bond acceptors (Lipinski definition) is 4. The minimum atomic E-state index is -1.09. The number of amides is 1. The summed E-state index contributed by atoms with van der Waals surface area (Å²) < 4.78 is 10.6. The van der Waals surface area contributed by atoms with E-state index in [9.17, 15) is 9.59 Å². The van der Waals surface area contributed by atoms with Gasteiger partial charge >= 0.3 is 5.97 Å². The summed E-state index contributed by atoms with van der Waals surface area (Å²) in [6, 6.07) is 5.82. The van der Waals surface area contributed by atoms with Crippen molar-refractivity contribution in [2.24, 2.45) is 0 Å². The van der Waals surface area contributed by atoms with Gasteiger partial charge in [-0.2, -0.15) is 0 Å². The molecule has 0 bridgehead atoms. The molecule has 1 fully saturated rings. The fourth-order valence-corrected chi connectivity index (χ4v) is 2.27. The number of hydrogen-bond donors (Lipinski definition) is 1. The number of carboxylic acid groups (broad SMARTS) is 1. The topological polar surface area (TPSA) is 76.1 Å². The van der Waals surface area contributed by atoms with Crippen LogP contribution in [0.4, 0.5) is 0 Å². The molecule has 0 radical (unpaired) electrons. The molecule has 0 unspecified atom stereocenters. The Labute approximate surface area is 127 Å². The Balaban J connectivity index is 2.07. The predicted molar refractivity (Wildman–Crippen MR) is 75.5 cm³/mol. The molecule has 0 aliphatic carbocycles. The van der Waals surface area contributed by atoms with E-state index >= 15 is 0 Å². The van der Waals surface area contributed by atoms with Crippen molar-refractivity contribution in [2.75, 3.05) is 19.8 Å². The Morgan fingerprint density at radius 1 is 1.48 bits per heavy atom.